The highest BCUT2D eigenvalue weighted by Crippen LogP contribution is 2.02. The van der Waals surface area contributed by atoms with Gasteiger partial charge in [-0.1, -0.05) is 0 Å². The Hall–Kier alpha value is -2.51. The quantitative estimate of drug-likeness (QED) is 0.761. The summed E-state index contributed by atoms with van der Waals surface area (Å²) in [5.41, 5.74) is -0.0912. The van der Waals surface area contributed by atoms with E-state index in [0.717, 1.165) is 0 Å². The van der Waals surface area contributed by atoms with Crippen LogP contribution >= 0.6 is 0 Å². The van der Waals surface area contributed by atoms with Crippen molar-refractivity contribution in [3.8, 4) is 0 Å². The van der Waals surface area contributed by atoms with E-state index in [0.29, 0.717) is 18.2 Å². The average molecular weight is 234 g/mol. The first-order valence-electron chi connectivity index (χ1n) is 4.79. The maximum atomic E-state index is 10.5. The molecule has 8 heteroatoms. The van der Waals surface area contributed by atoms with Crippen LogP contribution in [0.2, 0.25) is 0 Å². The number of nitrogens with zero attached hydrogens (tertiary/aromatic N) is 5. The van der Waals surface area contributed by atoms with Crippen LogP contribution in [-0.2, 0) is 13.6 Å². The molecule has 2 heterocycles. The van der Waals surface area contributed by atoms with Crippen LogP contribution in [0.5, 0.6) is 0 Å². The smallest absolute Gasteiger partial charge is 0.356 e. The molecule has 0 radical (unpaired) electrons. The summed E-state index contributed by atoms with van der Waals surface area (Å²) in [5.74, 6) is -0.00509. The van der Waals surface area contributed by atoms with Gasteiger partial charge in [-0.25, -0.2) is 19.7 Å². The number of aryl methyl sites for hydroxylation is 1. The van der Waals surface area contributed by atoms with E-state index in [-0.39, 0.29) is 5.69 Å². The molecule has 2 rings (SSSR count). The molecule has 2 aromatic rings. The van der Waals surface area contributed by atoms with Crippen LogP contribution < -0.4 is 5.32 Å². The van der Waals surface area contributed by atoms with Crippen molar-refractivity contribution in [3.05, 3.63) is 30.2 Å². The molecular formula is C9H10N6O2. The van der Waals surface area contributed by atoms with Crippen LogP contribution in [0.1, 0.15) is 16.3 Å². The fourth-order valence-electron chi connectivity index (χ4n) is 1.16. The van der Waals surface area contributed by atoms with Crippen molar-refractivity contribution in [2.75, 3.05) is 5.32 Å². The van der Waals surface area contributed by atoms with Gasteiger partial charge < -0.3 is 10.4 Å². The van der Waals surface area contributed by atoms with E-state index in [1.165, 1.54) is 12.4 Å². The van der Waals surface area contributed by atoms with Crippen molar-refractivity contribution in [3.63, 3.8) is 0 Å². The zero-order chi connectivity index (χ0) is 12.3. The Morgan fingerprint density at radius 3 is 2.76 bits per heavy atom. The zero-order valence-electron chi connectivity index (χ0n) is 9.03. The monoisotopic (exact) mass is 234 g/mol. The third kappa shape index (κ3) is 2.74. The topological polar surface area (TPSA) is 106 Å². The standard InChI is InChI=1S/C9H10N6O2/c1-15-5-13-8(14-15)4-12-7-3-10-6(2-11-7)9(16)17/h2-3,5H,4H2,1H3,(H,11,12)(H,16,17). The van der Waals surface area contributed by atoms with Gasteiger partial charge in [0.05, 0.1) is 18.9 Å². The molecule has 0 aliphatic carbocycles. The lowest BCUT2D eigenvalue weighted by Gasteiger charge is -2.01. The van der Waals surface area contributed by atoms with Crippen LogP contribution in [0.4, 0.5) is 5.82 Å². The van der Waals surface area contributed by atoms with Crippen LogP contribution in [0, 0.1) is 0 Å². The number of anilines is 1. The average Bonchev–Trinajstić information content (AvgIpc) is 2.73. The molecule has 0 atom stereocenters. The predicted octanol–water partition coefficient (Wildman–Crippen LogP) is -0.0846. The maximum absolute atomic E-state index is 10.5. The van der Waals surface area contributed by atoms with Crippen molar-refractivity contribution in [2.24, 2.45) is 7.05 Å². The second-order valence-electron chi connectivity index (χ2n) is 3.28. The lowest BCUT2D eigenvalue weighted by molar-refractivity contribution is 0.0690. The Balaban J connectivity index is 1.97. The van der Waals surface area contributed by atoms with Gasteiger partial charge in [-0.15, -0.1) is 0 Å². The Morgan fingerprint density at radius 1 is 1.41 bits per heavy atom. The molecule has 0 bridgehead atoms. The predicted molar refractivity (Wildman–Crippen MR) is 57.3 cm³/mol. The van der Waals surface area contributed by atoms with E-state index in [1.54, 1.807) is 18.1 Å². The fourth-order valence-corrected chi connectivity index (χ4v) is 1.16. The second-order valence-corrected chi connectivity index (χ2v) is 3.28. The van der Waals surface area contributed by atoms with Crippen molar-refractivity contribution in [1.82, 2.24) is 24.7 Å². The van der Waals surface area contributed by atoms with Crippen LogP contribution in [0.25, 0.3) is 0 Å². The molecule has 0 fully saturated rings. The Bertz CT molecular complexity index is 521. The highest BCUT2D eigenvalue weighted by Gasteiger charge is 2.05. The van der Waals surface area contributed by atoms with Crippen molar-refractivity contribution in [1.29, 1.82) is 0 Å². The summed E-state index contributed by atoms with van der Waals surface area (Å²) in [7, 11) is 1.78. The molecule has 0 unspecified atom stereocenters. The van der Waals surface area contributed by atoms with Crippen LogP contribution in [-0.4, -0.2) is 35.8 Å². The van der Waals surface area contributed by atoms with Crippen LogP contribution in [0.15, 0.2) is 18.7 Å². The number of carboxylic acid groups (broad SMARTS) is 1. The molecule has 2 N–H and O–H groups in total. The minimum atomic E-state index is -1.10. The highest BCUT2D eigenvalue weighted by atomic mass is 16.4. The molecule has 0 amide bonds. The van der Waals surface area contributed by atoms with Gasteiger partial charge in [-0.05, 0) is 0 Å². The van der Waals surface area contributed by atoms with Gasteiger partial charge in [0.25, 0.3) is 0 Å². The molecular weight excluding hydrogens is 224 g/mol. The molecule has 0 aromatic carbocycles. The fraction of sp³-hybridized carbons (Fsp3) is 0.222. The summed E-state index contributed by atoms with van der Waals surface area (Å²) in [6.07, 6.45) is 4.14. The van der Waals surface area contributed by atoms with E-state index in [4.69, 9.17) is 5.11 Å². The molecule has 0 aliphatic heterocycles. The molecule has 88 valence electrons. The molecule has 0 saturated carbocycles. The molecule has 0 aliphatic rings. The SMILES string of the molecule is Cn1cnc(CNc2cnc(C(=O)O)cn2)n1. The second kappa shape index (κ2) is 4.56. The van der Waals surface area contributed by atoms with Gasteiger partial charge in [-0.3, -0.25) is 4.68 Å². The third-order valence-electron chi connectivity index (χ3n) is 1.95. The Kier molecular flexibility index (Phi) is 2.95. The zero-order valence-corrected chi connectivity index (χ0v) is 9.03. The molecule has 2 aromatic heterocycles. The van der Waals surface area contributed by atoms with Gasteiger partial charge in [0.15, 0.2) is 11.5 Å². The number of aromatic carboxylic acids is 1. The van der Waals surface area contributed by atoms with Gasteiger partial charge in [0.2, 0.25) is 0 Å². The van der Waals surface area contributed by atoms with Gasteiger partial charge in [0.1, 0.15) is 12.1 Å². The summed E-state index contributed by atoms with van der Waals surface area (Å²) in [4.78, 5) is 22.2. The van der Waals surface area contributed by atoms with Crippen molar-refractivity contribution >= 4 is 11.8 Å². The van der Waals surface area contributed by atoms with Crippen LogP contribution in [0.3, 0.4) is 0 Å². The minimum Gasteiger partial charge on any atom is -0.476 e. The van der Waals surface area contributed by atoms with E-state index < -0.39 is 5.97 Å². The highest BCUT2D eigenvalue weighted by molar-refractivity contribution is 5.84. The maximum Gasteiger partial charge on any atom is 0.356 e. The summed E-state index contributed by atoms with van der Waals surface area (Å²) in [6.45, 7) is 0.405. The molecule has 0 spiro atoms. The number of hydrogen-bond acceptors (Lipinski definition) is 6. The number of hydrogen-bond donors (Lipinski definition) is 2. The molecule has 0 saturated heterocycles. The van der Waals surface area contributed by atoms with Gasteiger partial charge in [0, 0.05) is 7.05 Å². The van der Waals surface area contributed by atoms with Gasteiger partial charge >= 0.3 is 5.97 Å². The minimum absolute atomic E-state index is 0.0912. The van der Waals surface area contributed by atoms with E-state index in [9.17, 15) is 4.79 Å². The van der Waals surface area contributed by atoms with Crippen molar-refractivity contribution in [2.45, 2.75) is 6.54 Å². The lowest BCUT2D eigenvalue weighted by atomic mass is 10.4. The Morgan fingerprint density at radius 2 is 2.24 bits per heavy atom. The largest absolute Gasteiger partial charge is 0.476 e. The first kappa shape index (κ1) is 11.0. The summed E-state index contributed by atoms with van der Waals surface area (Å²) >= 11 is 0. The number of nitrogens with one attached hydrogen (secondary N) is 1. The Labute approximate surface area is 96.4 Å². The summed E-state index contributed by atoms with van der Waals surface area (Å²) < 4.78 is 1.59. The van der Waals surface area contributed by atoms with E-state index >= 15 is 0 Å². The first-order valence-corrected chi connectivity index (χ1v) is 4.79. The summed E-state index contributed by atoms with van der Waals surface area (Å²) in [6, 6.07) is 0. The van der Waals surface area contributed by atoms with E-state index in [2.05, 4.69) is 25.4 Å². The van der Waals surface area contributed by atoms with Crippen molar-refractivity contribution < 1.29 is 9.90 Å². The van der Waals surface area contributed by atoms with Gasteiger partial charge in [-0.2, -0.15) is 5.10 Å². The molecule has 8 nitrogen and oxygen atoms in total. The first-order chi connectivity index (χ1) is 8.15. The normalized spacial score (nSPS) is 10.2. The number of carbonyl (C=O) groups is 1. The number of rotatable bonds is 4. The number of carboxylic acids is 1. The summed E-state index contributed by atoms with van der Waals surface area (Å²) in [5, 5.41) is 15.6. The van der Waals surface area contributed by atoms with E-state index in [1.807, 2.05) is 0 Å². The lowest BCUT2D eigenvalue weighted by Crippen LogP contribution is -2.06. The number of aromatic nitrogens is 5. The molecule has 17 heavy (non-hydrogen) atoms. The third-order valence-corrected chi connectivity index (χ3v) is 1.95.